The van der Waals surface area contributed by atoms with Gasteiger partial charge in [0, 0.05) is 37.1 Å². The molecule has 2 aliphatic heterocycles. The minimum Gasteiger partial charge on any atom is -0.477 e. The molecule has 3 heterocycles. The molecule has 1 saturated heterocycles. The molecule has 1 amide bonds. The van der Waals surface area contributed by atoms with E-state index in [2.05, 4.69) is 4.98 Å². The van der Waals surface area contributed by atoms with E-state index < -0.39 is 11.2 Å². The second-order valence-corrected chi connectivity index (χ2v) is 8.70. The van der Waals surface area contributed by atoms with E-state index in [-0.39, 0.29) is 11.9 Å². The average molecular weight is 408 g/mol. The Balaban J connectivity index is 1.50. The van der Waals surface area contributed by atoms with Crippen molar-refractivity contribution in [3.8, 4) is 17.0 Å². The Morgan fingerprint density at radius 3 is 2.47 bits per heavy atom. The van der Waals surface area contributed by atoms with Gasteiger partial charge in [-0.1, -0.05) is 24.3 Å². The Bertz CT molecular complexity index is 999. The number of ether oxygens (including phenoxy) is 2. The molecule has 0 unspecified atom stereocenters. The van der Waals surface area contributed by atoms with Gasteiger partial charge in [-0.2, -0.15) is 0 Å². The second kappa shape index (κ2) is 7.23. The Morgan fingerprint density at radius 2 is 1.87 bits per heavy atom. The van der Waals surface area contributed by atoms with Crippen molar-refractivity contribution in [1.29, 1.82) is 0 Å². The van der Waals surface area contributed by atoms with E-state index in [1.165, 1.54) is 0 Å². The smallest absolute Gasteiger partial charge is 0.410 e. The number of rotatable bonds is 2. The van der Waals surface area contributed by atoms with Crippen LogP contribution in [0.15, 0.2) is 36.5 Å². The maximum Gasteiger partial charge on any atom is 0.410 e. The molecule has 2 aliphatic rings. The van der Waals surface area contributed by atoms with E-state index in [9.17, 15) is 14.4 Å². The van der Waals surface area contributed by atoms with Gasteiger partial charge in [-0.3, -0.25) is 14.6 Å². The summed E-state index contributed by atoms with van der Waals surface area (Å²) in [4.78, 5) is 42.4. The number of ketones is 1. The van der Waals surface area contributed by atoms with Crippen LogP contribution in [0.25, 0.3) is 11.3 Å². The first-order valence-corrected chi connectivity index (χ1v) is 9.98. The molecule has 2 aromatic rings. The quantitative estimate of drug-likeness (QED) is 0.701. The Hall–Kier alpha value is -3.22. The molecule has 0 radical (unpaired) electrons. The number of carbonyl (C=O) groups is 3. The largest absolute Gasteiger partial charge is 0.477 e. The lowest BCUT2D eigenvalue weighted by atomic mass is 9.86. The van der Waals surface area contributed by atoms with Crippen LogP contribution < -0.4 is 4.74 Å². The third-order valence-electron chi connectivity index (χ3n) is 5.40. The number of hydrogen-bond donors (Lipinski definition) is 0. The first kappa shape index (κ1) is 20.1. The van der Waals surface area contributed by atoms with Gasteiger partial charge in [0.1, 0.15) is 17.6 Å². The monoisotopic (exact) mass is 408 g/mol. The molecular formula is C23H24N2O5. The highest BCUT2D eigenvalue weighted by Gasteiger charge is 2.50. The van der Waals surface area contributed by atoms with E-state index in [1.54, 1.807) is 41.4 Å². The first-order valence-electron chi connectivity index (χ1n) is 9.98. The van der Waals surface area contributed by atoms with Crippen LogP contribution in [0.2, 0.25) is 0 Å². The number of piperidine rings is 1. The fraction of sp³-hybridized carbons (Fsp3) is 0.391. The Kier molecular flexibility index (Phi) is 4.84. The van der Waals surface area contributed by atoms with E-state index in [1.807, 2.05) is 20.8 Å². The second-order valence-electron chi connectivity index (χ2n) is 8.70. The first-order chi connectivity index (χ1) is 14.2. The van der Waals surface area contributed by atoms with Gasteiger partial charge in [-0.25, -0.2) is 4.79 Å². The van der Waals surface area contributed by atoms with Gasteiger partial charge in [-0.15, -0.1) is 0 Å². The van der Waals surface area contributed by atoms with Crippen molar-refractivity contribution in [3.63, 3.8) is 0 Å². The third kappa shape index (κ3) is 3.67. The summed E-state index contributed by atoms with van der Waals surface area (Å²) in [6.07, 6.45) is 2.80. The maximum atomic E-state index is 13.2. The molecule has 7 nitrogen and oxygen atoms in total. The summed E-state index contributed by atoms with van der Waals surface area (Å²) in [7, 11) is 0. The highest BCUT2D eigenvalue weighted by molar-refractivity contribution is 6.08. The Labute approximate surface area is 175 Å². The van der Waals surface area contributed by atoms with Gasteiger partial charge < -0.3 is 14.4 Å². The number of likely N-dealkylation sites (tertiary alicyclic amines) is 1. The van der Waals surface area contributed by atoms with Gasteiger partial charge in [-0.05, 0) is 26.8 Å². The minimum absolute atomic E-state index is 0.0745. The lowest BCUT2D eigenvalue weighted by Crippen LogP contribution is -2.52. The number of carbonyl (C=O) groups excluding carboxylic acids is 3. The molecule has 0 aliphatic carbocycles. The van der Waals surface area contributed by atoms with Crippen LogP contribution in [-0.4, -0.2) is 52.3 Å². The summed E-state index contributed by atoms with van der Waals surface area (Å²) in [6.45, 7) is 6.26. The molecule has 4 rings (SSSR count). The highest BCUT2D eigenvalue weighted by atomic mass is 16.6. The number of nitrogens with zero attached hydrogens (tertiary/aromatic N) is 2. The fourth-order valence-corrected chi connectivity index (χ4v) is 3.80. The summed E-state index contributed by atoms with van der Waals surface area (Å²) in [5.41, 5.74) is 1.03. The molecule has 1 aromatic heterocycles. The van der Waals surface area contributed by atoms with Crippen LogP contribution >= 0.6 is 0 Å². The van der Waals surface area contributed by atoms with Crippen LogP contribution in [0.3, 0.4) is 0 Å². The lowest BCUT2D eigenvalue weighted by molar-refractivity contribution is -0.00480. The molecule has 1 aromatic carbocycles. The topological polar surface area (TPSA) is 85.8 Å². The van der Waals surface area contributed by atoms with Crippen LogP contribution in [0.1, 0.15) is 54.3 Å². The Morgan fingerprint density at radius 1 is 1.20 bits per heavy atom. The molecule has 0 N–H and O–H groups in total. The van der Waals surface area contributed by atoms with Crippen molar-refractivity contribution in [2.24, 2.45) is 0 Å². The van der Waals surface area contributed by atoms with Crippen molar-refractivity contribution in [3.05, 3.63) is 47.7 Å². The number of fused-ring (bicyclic) bond motifs is 1. The van der Waals surface area contributed by atoms with Crippen LogP contribution in [0.5, 0.6) is 5.75 Å². The molecule has 1 spiro atoms. The molecule has 7 heteroatoms. The van der Waals surface area contributed by atoms with Crippen LogP contribution in [0, 0.1) is 0 Å². The molecule has 0 saturated carbocycles. The number of hydrogen-bond acceptors (Lipinski definition) is 6. The fourth-order valence-electron chi connectivity index (χ4n) is 3.80. The molecule has 30 heavy (non-hydrogen) atoms. The lowest BCUT2D eigenvalue weighted by Gasteiger charge is -2.37. The van der Waals surface area contributed by atoms with Crippen molar-refractivity contribution in [2.75, 3.05) is 13.1 Å². The summed E-state index contributed by atoms with van der Waals surface area (Å²) in [6, 6.07) is 8.76. The summed E-state index contributed by atoms with van der Waals surface area (Å²) < 4.78 is 11.5. The number of benzene rings is 1. The van der Waals surface area contributed by atoms with Crippen molar-refractivity contribution >= 4 is 18.2 Å². The van der Waals surface area contributed by atoms with E-state index in [0.29, 0.717) is 48.5 Å². The van der Waals surface area contributed by atoms with Crippen LogP contribution in [0.4, 0.5) is 4.79 Å². The maximum absolute atomic E-state index is 13.2. The predicted molar refractivity (Wildman–Crippen MR) is 110 cm³/mol. The summed E-state index contributed by atoms with van der Waals surface area (Å²) in [5.74, 6) is 0.397. The van der Waals surface area contributed by atoms with Gasteiger partial charge in [0.2, 0.25) is 5.78 Å². The van der Waals surface area contributed by atoms with Gasteiger partial charge in [0.05, 0.1) is 17.5 Å². The zero-order valence-electron chi connectivity index (χ0n) is 17.3. The van der Waals surface area contributed by atoms with Crippen molar-refractivity contribution in [2.45, 2.75) is 44.8 Å². The summed E-state index contributed by atoms with van der Waals surface area (Å²) >= 11 is 0. The zero-order chi connectivity index (χ0) is 21.5. The average Bonchev–Trinajstić information content (AvgIpc) is 2.98. The number of pyridine rings is 1. The minimum atomic E-state index is -0.956. The van der Waals surface area contributed by atoms with Crippen molar-refractivity contribution < 1.29 is 23.9 Å². The zero-order valence-corrected chi connectivity index (χ0v) is 17.3. The third-order valence-corrected chi connectivity index (χ3v) is 5.40. The van der Waals surface area contributed by atoms with Gasteiger partial charge >= 0.3 is 6.09 Å². The number of Topliss-reactive ketones (excluding diaryl/α,β-unsaturated/α-hetero) is 1. The van der Waals surface area contributed by atoms with E-state index >= 15 is 0 Å². The molecule has 0 bridgehead atoms. The number of amides is 1. The molecule has 0 atom stereocenters. The highest BCUT2D eigenvalue weighted by Crippen LogP contribution is 2.42. The van der Waals surface area contributed by atoms with Gasteiger partial charge in [0.25, 0.3) is 0 Å². The summed E-state index contributed by atoms with van der Waals surface area (Å²) in [5, 5.41) is 0. The van der Waals surface area contributed by atoms with E-state index in [4.69, 9.17) is 9.47 Å². The van der Waals surface area contributed by atoms with Gasteiger partial charge in [0.15, 0.2) is 5.60 Å². The molecular weight excluding hydrogens is 384 g/mol. The van der Waals surface area contributed by atoms with Crippen LogP contribution in [-0.2, 0) is 4.74 Å². The predicted octanol–water partition coefficient (Wildman–Crippen LogP) is 3.91. The number of aldehydes is 1. The van der Waals surface area contributed by atoms with Crippen molar-refractivity contribution in [1.82, 2.24) is 9.88 Å². The SMILES string of the molecule is CC(C)(C)OC(=O)N1CCC2(CC1)Oc1cnc(-c3ccc(C=O)cc3)cc1C2=O. The standard InChI is InChI=1S/C23H24N2O5/c1-22(2,3)30-21(28)25-10-8-23(9-11-25)20(27)17-12-18(24-13-19(17)29-23)16-6-4-15(14-26)5-7-16/h4-7,12-14H,8-11H2,1-3H3. The molecule has 1 fully saturated rings. The molecule has 156 valence electrons. The van der Waals surface area contributed by atoms with E-state index in [0.717, 1.165) is 11.8 Å². The number of aromatic nitrogens is 1. The normalized spacial score (nSPS) is 17.4.